The van der Waals surface area contributed by atoms with Crippen molar-refractivity contribution in [2.24, 2.45) is 11.5 Å². The van der Waals surface area contributed by atoms with Gasteiger partial charge in [0, 0.05) is 99.3 Å². The first kappa shape index (κ1) is 107. The zero-order valence-electron chi connectivity index (χ0n) is 79.2. The van der Waals surface area contributed by atoms with Gasteiger partial charge < -0.3 is 89.1 Å². The number of aromatic nitrogens is 4. The Morgan fingerprint density at radius 2 is 0.732 bits per heavy atom. The Morgan fingerprint density at radius 1 is 0.406 bits per heavy atom. The fourth-order valence-corrected chi connectivity index (χ4v) is 14.7. The molecule has 6 aliphatic rings. The third kappa shape index (κ3) is 30.3. The number of ether oxygens (including phenoxy) is 10. The molecule has 2 aromatic heterocycles. The molecule has 14 rings (SSSR count). The lowest BCUT2D eigenvalue weighted by Gasteiger charge is -2.28. The van der Waals surface area contributed by atoms with Crippen molar-refractivity contribution in [1.82, 2.24) is 40.4 Å². The van der Waals surface area contributed by atoms with Crippen molar-refractivity contribution in [3.05, 3.63) is 271 Å². The van der Waals surface area contributed by atoms with Gasteiger partial charge in [0.15, 0.2) is 0 Å². The first-order valence-electron chi connectivity index (χ1n) is 45.1. The largest absolute Gasteiger partial charge is 0.489 e. The maximum Gasteiger partial charge on any atom is 0.316 e. The Balaban J connectivity index is 0.000000186. The van der Waals surface area contributed by atoms with Crippen LogP contribution in [0.1, 0.15) is 174 Å². The topological polar surface area (TPSA) is 369 Å². The smallest absolute Gasteiger partial charge is 0.316 e. The SMILES string of the molecule is C/C=C(/CN)COc1cc(F)cc2c1C(=O)NCC2.CC/C(=C/F)COc1ccc2c(c1)CCN(CCC(=O)OC)C2=O.CC/C(=C/F)COc1ccc2c(c1)CCN(c1cnc(OC)nc1)C2=O.CC/C(=C\F)COc1ccc2c(c1)CCN(CCC(=O)OC)C2=O.CC/C(=C\F)COc1ccc2c(c1)CCN(c1cnc(OC)nc1)C2=O.Cc1cc2c(c(OC/C(=C/F)CN)c1)C(=O)NCC2. The molecule has 736 valence electrons. The van der Waals surface area contributed by atoms with Gasteiger partial charge in [-0.15, -0.1) is 0 Å². The maximum absolute atomic E-state index is 13.5. The van der Waals surface area contributed by atoms with E-state index in [-0.39, 0.29) is 124 Å². The summed E-state index contributed by atoms with van der Waals surface area (Å²) in [4.78, 5) is 119. The normalized spacial score (nSPS) is 14.4. The highest BCUT2D eigenvalue weighted by Gasteiger charge is 2.32. The van der Waals surface area contributed by atoms with Crippen LogP contribution in [0.15, 0.2) is 193 Å². The molecule has 0 unspecified atom stereocenters. The molecule has 36 heteroatoms. The van der Waals surface area contributed by atoms with E-state index in [1.165, 1.54) is 40.6 Å². The van der Waals surface area contributed by atoms with Gasteiger partial charge in [0.1, 0.15) is 80.0 Å². The third-order valence-electron chi connectivity index (χ3n) is 23.0. The zero-order chi connectivity index (χ0) is 99.7. The second-order valence-corrected chi connectivity index (χ2v) is 31.9. The van der Waals surface area contributed by atoms with E-state index in [0.717, 1.165) is 45.4 Å². The van der Waals surface area contributed by atoms with Crippen molar-refractivity contribution in [2.75, 3.05) is 143 Å². The Hall–Kier alpha value is -14.4. The predicted octanol–water partition coefficient (Wildman–Crippen LogP) is 15.3. The molecule has 0 saturated heterocycles. The highest BCUT2D eigenvalue weighted by atomic mass is 19.1. The number of anilines is 2. The van der Waals surface area contributed by atoms with Gasteiger partial charge in [0.05, 0.1) is 120 Å². The molecule has 0 spiro atoms. The second kappa shape index (κ2) is 55.0. The molecule has 138 heavy (non-hydrogen) atoms. The number of esters is 2. The Labute approximate surface area is 798 Å². The number of carbonyl (C=O) groups is 8. The van der Waals surface area contributed by atoms with Gasteiger partial charge in [-0.3, -0.25) is 38.4 Å². The van der Waals surface area contributed by atoms with Crippen LogP contribution in [-0.2, 0) is 57.6 Å². The molecule has 6 amide bonds. The summed E-state index contributed by atoms with van der Waals surface area (Å²) in [6.45, 7) is 16.9. The van der Waals surface area contributed by atoms with Crippen molar-refractivity contribution in [3.63, 3.8) is 0 Å². The lowest BCUT2D eigenvalue weighted by atomic mass is 9.97. The molecular weight excluding hydrogens is 1800 g/mol. The van der Waals surface area contributed by atoms with Crippen LogP contribution < -0.4 is 69.8 Å². The number of methoxy groups -OCH3 is 4. The first-order chi connectivity index (χ1) is 66.8. The summed E-state index contributed by atoms with van der Waals surface area (Å²) in [6, 6.07) is 28.1. The van der Waals surface area contributed by atoms with Crippen LogP contribution in [0.2, 0.25) is 0 Å². The van der Waals surface area contributed by atoms with Crippen molar-refractivity contribution in [3.8, 4) is 46.5 Å². The Morgan fingerprint density at radius 3 is 1.06 bits per heavy atom. The summed E-state index contributed by atoms with van der Waals surface area (Å²) >= 11 is 0. The van der Waals surface area contributed by atoms with Crippen molar-refractivity contribution in [1.29, 1.82) is 0 Å². The van der Waals surface area contributed by atoms with Crippen molar-refractivity contribution in [2.45, 2.75) is 119 Å². The fourth-order valence-electron chi connectivity index (χ4n) is 14.7. The van der Waals surface area contributed by atoms with E-state index in [0.29, 0.717) is 255 Å². The van der Waals surface area contributed by atoms with Gasteiger partial charge in [-0.25, -0.2) is 46.3 Å². The maximum atomic E-state index is 13.5. The molecule has 0 saturated carbocycles. The van der Waals surface area contributed by atoms with Crippen LogP contribution in [0.4, 0.5) is 37.7 Å². The first-order valence-corrected chi connectivity index (χ1v) is 45.1. The molecule has 0 atom stereocenters. The summed E-state index contributed by atoms with van der Waals surface area (Å²) < 4.78 is 129. The number of nitrogens with one attached hydrogen (secondary N) is 2. The molecule has 8 heterocycles. The number of allylic oxidation sites excluding steroid dienone is 1. The van der Waals surface area contributed by atoms with Gasteiger partial charge in [-0.05, 0) is 230 Å². The summed E-state index contributed by atoms with van der Waals surface area (Å²) in [5.41, 5.74) is 25.6. The zero-order valence-corrected chi connectivity index (χ0v) is 79.2. The van der Waals surface area contributed by atoms with Crippen molar-refractivity contribution >= 4 is 58.8 Å². The van der Waals surface area contributed by atoms with Crippen LogP contribution in [0, 0.1) is 12.7 Å². The average Bonchev–Trinajstić information content (AvgIpc) is 0.817. The predicted molar refractivity (Wildman–Crippen MR) is 508 cm³/mol. The number of benzene rings is 6. The highest BCUT2D eigenvalue weighted by Crippen LogP contribution is 2.35. The highest BCUT2D eigenvalue weighted by molar-refractivity contribution is 6.09. The van der Waals surface area contributed by atoms with E-state index < -0.39 is 5.82 Å². The summed E-state index contributed by atoms with van der Waals surface area (Å²) in [6.07, 6.45) is 17.8. The minimum Gasteiger partial charge on any atom is -0.489 e. The number of nitrogens with two attached hydrogens (primary N) is 2. The van der Waals surface area contributed by atoms with E-state index in [9.17, 15) is 64.7 Å². The van der Waals surface area contributed by atoms with Crippen molar-refractivity contribution < 1.29 is 112 Å². The van der Waals surface area contributed by atoms with Gasteiger partial charge in [0.25, 0.3) is 35.4 Å². The number of amides is 6. The minimum absolute atomic E-state index is 0.0518. The number of aryl methyl sites for hydroxylation is 1. The van der Waals surface area contributed by atoms with Crippen LogP contribution in [-0.4, -0.2) is 211 Å². The summed E-state index contributed by atoms with van der Waals surface area (Å²) in [5, 5.41) is 5.51. The second-order valence-electron chi connectivity index (χ2n) is 31.9. The molecule has 8 aromatic rings. The standard InChI is InChI=1S/2C19H20FN3O3.2C18H22FNO4.2C14H17FN2O2/c2*1-3-13(9-20)12-26-16-4-5-17-14(8-16)6-7-23(18(17)24)15-10-21-19(25-2)22-11-15;2*1-3-13(11-19)12-24-15-4-5-16-14(10-15)6-8-20(18(16)22)9-7-17(21)23-2;1-9-4-11-2-3-17-14(18)13(11)12(5-9)19-8-10(6-15)7-16;1-2-9(7-16)8-19-12-6-11(15)5-10-3-4-17-14(18)13(10)12/h2*4-5,8-11H,3,6-7,12H2,1-2H3;2*4-5,10-11H,3,6-9,12H2,1-2H3;4-6H,2-3,7-8,16H2,1H3,(H,17,18);2,5-6H,3-4,7-8,16H2,1H3,(H,17,18)/b13-9+;13-9-;13-11+;13-11-;10-6+;9-2-. The van der Waals surface area contributed by atoms with E-state index in [2.05, 4.69) is 40.0 Å². The van der Waals surface area contributed by atoms with E-state index in [1.54, 1.807) is 99.0 Å². The number of fused-ring (bicyclic) bond motifs is 6. The number of carbonyl (C=O) groups excluding carboxylic acids is 8. The lowest BCUT2D eigenvalue weighted by Crippen LogP contribution is -2.38. The monoisotopic (exact) mass is 1910 g/mol. The van der Waals surface area contributed by atoms with Crippen LogP contribution >= 0.6 is 0 Å². The molecule has 6 aromatic carbocycles. The number of halogens is 6. The lowest BCUT2D eigenvalue weighted by molar-refractivity contribution is -0.141. The number of hydrogen-bond acceptors (Lipinski definition) is 24. The quantitative estimate of drug-likeness (QED) is 0.0165. The third-order valence-corrected chi connectivity index (χ3v) is 23.0. The molecular formula is C102H118F6N12O18. The van der Waals surface area contributed by atoms with Gasteiger partial charge in [-0.2, -0.15) is 0 Å². The van der Waals surface area contributed by atoms with E-state index in [4.69, 9.17) is 49.4 Å². The molecule has 0 aliphatic carbocycles. The summed E-state index contributed by atoms with van der Waals surface area (Å²) in [5.74, 6) is 1.46. The van der Waals surface area contributed by atoms with E-state index in [1.807, 2.05) is 78.0 Å². The molecule has 30 nitrogen and oxygen atoms in total. The number of rotatable bonds is 34. The number of nitrogens with zero attached hydrogens (tertiary/aromatic N) is 8. The molecule has 6 N–H and O–H groups in total. The van der Waals surface area contributed by atoms with Crippen LogP contribution in [0.3, 0.4) is 0 Å². The molecule has 6 aliphatic heterocycles. The average molecular weight is 1910 g/mol. The summed E-state index contributed by atoms with van der Waals surface area (Å²) in [7, 11) is 5.64. The molecule has 0 bridgehead atoms. The van der Waals surface area contributed by atoms with Crippen LogP contribution in [0.25, 0.3) is 0 Å². The van der Waals surface area contributed by atoms with Gasteiger partial charge >= 0.3 is 24.0 Å². The van der Waals surface area contributed by atoms with E-state index >= 15 is 0 Å². The van der Waals surface area contributed by atoms with Gasteiger partial charge in [0.2, 0.25) is 0 Å². The molecule has 0 fully saturated rings. The Bertz CT molecular complexity index is 5410. The minimum atomic E-state index is -0.391. The van der Waals surface area contributed by atoms with Crippen LogP contribution in [0.5, 0.6) is 46.5 Å². The Kier molecular flexibility index (Phi) is 42.7. The fraction of sp³-hybridized carbons (Fsp3) is 0.373. The number of hydrogen-bond donors (Lipinski definition) is 4. The molecule has 0 radical (unpaired) electrons. The van der Waals surface area contributed by atoms with Gasteiger partial charge in [-0.1, -0.05) is 39.8 Å².